The van der Waals surface area contributed by atoms with Gasteiger partial charge in [-0.25, -0.2) is 4.98 Å². The molecule has 2 heterocycles. The molecule has 1 amide bonds. The highest BCUT2D eigenvalue weighted by atomic mass is 16.2. The molecule has 0 atom stereocenters. The molecule has 3 aromatic rings. The molecule has 142 valence electrons. The van der Waals surface area contributed by atoms with Crippen molar-refractivity contribution in [2.75, 3.05) is 25.5 Å². The summed E-state index contributed by atoms with van der Waals surface area (Å²) in [5.74, 6) is 0.505. The first-order valence-electron chi connectivity index (χ1n) is 9.27. The van der Waals surface area contributed by atoms with E-state index in [-0.39, 0.29) is 18.0 Å². The van der Waals surface area contributed by atoms with Gasteiger partial charge in [-0.15, -0.1) is 0 Å². The lowest BCUT2D eigenvalue weighted by atomic mass is 10.0. The van der Waals surface area contributed by atoms with Crippen molar-refractivity contribution < 1.29 is 4.79 Å². The Morgan fingerprint density at radius 3 is 2.46 bits per heavy atom. The molecule has 1 N–H and O–H groups in total. The molecule has 0 saturated carbocycles. The second-order valence-corrected chi connectivity index (χ2v) is 7.12. The summed E-state index contributed by atoms with van der Waals surface area (Å²) >= 11 is 0. The number of carbonyl (C=O) groups excluding carboxylic acids is 1. The van der Waals surface area contributed by atoms with Crippen LogP contribution in [-0.2, 0) is 13.0 Å². The Balaban J connectivity index is 1.58. The summed E-state index contributed by atoms with van der Waals surface area (Å²) < 4.78 is 0. The average Bonchev–Trinajstić information content (AvgIpc) is 2.73. The molecule has 0 saturated heterocycles. The number of anilines is 1. The van der Waals surface area contributed by atoms with Gasteiger partial charge in [-0.1, -0.05) is 30.3 Å². The van der Waals surface area contributed by atoms with Gasteiger partial charge in [-0.3, -0.25) is 9.59 Å². The summed E-state index contributed by atoms with van der Waals surface area (Å²) in [5.41, 5.74) is 3.71. The standard InChI is InChI=1S/C22H22N4O2/c1-25(2)17-10-8-16(9-11-17)22(28)26-13-12-19-18(14-26)21(27)24-20(23-19)15-6-4-3-5-7-15/h3-11H,12-14H2,1-2H3,(H,23,24,27). The van der Waals surface area contributed by atoms with Crippen molar-refractivity contribution in [1.82, 2.24) is 14.9 Å². The van der Waals surface area contributed by atoms with Crippen LogP contribution in [0.25, 0.3) is 11.4 Å². The Bertz CT molecular complexity index is 1060. The van der Waals surface area contributed by atoms with E-state index in [0.717, 1.165) is 16.9 Å². The fraction of sp³-hybridized carbons (Fsp3) is 0.227. The van der Waals surface area contributed by atoms with Crippen LogP contribution in [0.2, 0.25) is 0 Å². The van der Waals surface area contributed by atoms with Crippen molar-refractivity contribution in [3.05, 3.63) is 81.8 Å². The van der Waals surface area contributed by atoms with Gasteiger partial charge in [0.1, 0.15) is 5.82 Å². The minimum Gasteiger partial charge on any atom is -0.378 e. The van der Waals surface area contributed by atoms with Crippen LogP contribution < -0.4 is 10.5 Å². The Labute approximate surface area is 163 Å². The highest BCUT2D eigenvalue weighted by molar-refractivity contribution is 5.94. The second-order valence-electron chi connectivity index (χ2n) is 7.12. The average molecular weight is 374 g/mol. The third-order valence-corrected chi connectivity index (χ3v) is 5.03. The maximum absolute atomic E-state index is 12.9. The molecule has 0 bridgehead atoms. The molecule has 4 rings (SSSR count). The Hall–Kier alpha value is -3.41. The molecule has 1 aliphatic heterocycles. The van der Waals surface area contributed by atoms with Gasteiger partial charge in [-0.2, -0.15) is 0 Å². The zero-order valence-corrected chi connectivity index (χ0v) is 16.0. The van der Waals surface area contributed by atoms with Gasteiger partial charge in [0.15, 0.2) is 0 Å². The summed E-state index contributed by atoms with van der Waals surface area (Å²) in [5, 5.41) is 0. The van der Waals surface area contributed by atoms with Gasteiger partial charge in [0, 0.05) is 43.9 Å². The summed E-state index contributed by atoms with van der Waals surface area (Å²) in [6.45, 7) is 0.826. The number of fused-ring (bicyclic) bond motifs is 1. The molecule has 0 spiro atoms. The lowest BCUT2D eigenvalue weighted by Crippen LogP contribution is -2.39. The number of nitrogens with one attached hydrogen (secondary N) is 1. The third kappa shape index (κ3) is 3.41. The number of amides is 1. The Kier molecular flexibility index (Phi) is 4.69. The number of carbonyl (C=O) groups is 1. The van der Waals surface area contributed by atoms with E-state index in [4.69, 9.17) is 0 Å². The summed E-state index contributed by atoms with van der Waals surface area (Å²) in [7, 11) is 3.92. The number of aromatic amines is 1. The lowest BCUT2D eigenvalue weighted by molar-refractivity contribution is 0.0732. The monoisotopic (exact) mass is 374 g/mol. The molecule has 1 aromatic heterocycles. The predicted octanol–water partition coefficient (Wildman–Crippen LogP) is 2.70. The molecule has 1 aliphatic rings. The van der Waals surface area contributed by atoms with Crippen molar-refractivity contribution >= 4 is 11.6 Å². The number of aromatic nitrogens is 2. The topological polar surface area (TPSA) is 69.3 Å². The summed E-state index contributed by atoms with van der Waals surface area (Å²) in [6.07, 6.45) is 0.570. The highest BCUT2D eigenvalue weighted by Crippen LogP contribution is 2.21. The molecule has 0 unspecified atom stereocenters. The number of hydrogen-bond acceptors (Lipinski definition) is 4. The van der Waals surface area contributed by atoms with Crippen molar-refractivity contribution in [2.45, 2.75) is 13.0 Å². The first-order valence-corrected chi connectivity index (χ1v) is 9.27. The first-order chi connectivity index (χ1) is 13.5. The van der Waals surface area contributed by atoms with Crippen molar-refractivity contribution in [2.24, 2.45) is 0 Å². The summed E-state index contributed by atoms with van der Waals surface area (Å²) in [6, 6.07) is 17.1. The van der Waals surface area contributed by atoms with Gasteiger partial charge >= 0.3 is 0 Å². The molecular formula is C22H22N4O2. The molecule has 28 heavy (non-hydrogen) atoms. The molecule has 0 fully saturated rings. The largest absolute Gasteiger partial charge is 0.378 e. The van der Waals surface area contributed by atoms with Crippen LogP contribution in [-0.4, -0.2) is 41.4 Å². The van der Waals surface area contributed by atoms with Crippen LogP contribution in [0, 0.1) is 0 Å². The number of hydrogen-bond donors (Lipinski definition) is 1. The maximum atomic E-state index is 12.9. The van der Waals surface area contributed by atoms with Crippen molar-refractivity contribution in [1.29, 1.82) is 0 Å². The number of H-pyrrole nitrogens is 1. The van der Waals surface area contributed by atoms with Gasteiger partial charge in [0.25, 0.3) is 11.5 Å². The quantitative estimate of drug-likeness (QED) is 0.765. The molecule has 0 radical (unpaired) electrons. The third-order valence-electron chi connectivity index (χ3n) is 5.03. The number of rotatable bonds is 3. The fourth-order valence-corrected chi connectivity index (χ4v) is 3.42. The zero-order valence-electron chi connectivity index (χ0n) is 16.0. The van der Waals surface area contributed by atoms with E-state index in [1.807, 2.05) is 73.6 Å². The van der Waals surface area contributed by atoms with Crippen LogP contribution >= 0.6 is 0 Å². The second kappa shape index (κ2) is 7.31. The van der Waals surface area contributed by atoms with E-state index < -0.39 is 0 Å². The van der Waals surface area contributed by atoms with E-state index in [9.17, 15) is 9.59 Å². The van der Waals surface area contributed by atoms with Gasteiger partial charge < -0.3 is 14.8 Å². The van der Waals surface area contributed by atoms with E-state index in [2.05, 4.69) is 9.97 Å². The van der Waals surface area contributed by atoms with Crippen LogP contribution in [0.3, 0.4) is 0 Å². The van der Waals surface area contributed by atoms with Crippen LogP contribution in [0.5, 0.6) is 0 Å². The maximum Gasteiger partial charge on any atom is 0.256 e. The van der Waals surface area contributed by atoms with Crippen LogP contribution in [0.15, 0.2) is 59.4 Å². The van der Waals surface area contributed by atoms with E-state index in [1.54, 1.807) is 4.90 Å². The minimum atomic E-state index is -0.177. The van der Waals surface area contributed by atoms with Gasteiger partial charge in [0.05, 0.1) is 17.8 Å². The van der Waals surface area contributed by atoms with Gasteiger partial charge in [0.2, 0.25) is 0 Å². The number of nitrogens with zero attached hydrogens (tertiary/aromatic N) is 3. The molecule has 2 aromatic carbocycles. The zero-order chi connectivity index (χ0) is 19.7. The first kappa shape index (κ1) is 18.0. The van der Waals surface area contributed by atoms with Crippen LogP contribution in [0.1, 0.15) is 21.6 Å². The SMILES string of the molecule is CN(C)c1ccc(C(=O)N2CCc3nc(-c4ccccc4)[nH]c(=O)c3C2)cc1. The van der Waals surface area contributed by atoms with E-state index >= 15 is 0 Å². The van der Waals surface area contributed by atoms with Crippen LogP contribution in [0.4, 0.5) is 5.69 Å². The summed E-state index contributed by atoms with van der Waals surface area (Å²) in [4.78, 5) is 36.7. The van der Waals surface area contributed by atoms with Crippen molar-refractivity contribution in [3.8, 4) is 11.4 Å². The molecule has 6 nitrogen and oxygen atoms in total. The smallest absolute Gasteiger partial charge is 0.256 e. The van der Waals surface area contributed by atoms with Gasteiger partial charge in [-0.05, 0) is 24.3 Å². The van der Waals surface area contributed by atoms with E-state index in [1.165, 1.54) is 0 Å². The van der Waals surface area contributed by atoms with E-state index in [0.29, 0.717) is 29.9 Å². The highest BCUT2D eigenvalue weighted by Gasteiger charge is 2.25. The Morgan fingerprint density at radius 1 is 1.07 bits per heavy atom. The predicted molar refractivity (Wildman–Crippen MR) is 110 cm³/mol. The molecular weight excluding hydrogens is 352 g/mol. The minimum absolute atomic E-state index is 0.0671. The molecule has 0 aliphatic carbocycles. The normalized spacial score (nSPS) is 13.1. The molecule has 6 heteroatoms. The number of benzene rings is 2. The fourth-order valence-electron chi connectivity index (χ4n) is 3.42. The Morgan fingerprint density at radius 2 is 1.79 bits per heavy atom. The lowest BCUT2D eigenvalue weighted by Gasteiger charge is -2.28. The van der Waals surface area contributed by atoms with Crippen molar-refractivity contribution in [3.63, 3.8) is 0 Å².